The normalized spacial score (nSPS) is 14.3. The molecule has 24 heavy (non-hydrogen) atoms. The van der Waals surface area contributed by atoms with Gasteiger partial charge >= 0.3 is 5.97 Å². The van der Waals surface area contributed by atoms with Gasteiger partial charge in [-0.15, -0.1) is 0 Å². The first-order chi connectivity index (χ1) is 11.1. The smallest absolute Gasteiger partial charge is 0.329 e. The Labute approximate surface area is 152 Å². The van der Waals surface area contributed by atoms with Crippen LogP contribution in [0.2, 0.25) is 0 Å². The largest absolute Gasteiger partial charge is 0.458 e. The Kier molecular flexibility index (Phi) is 11.4. The van der Waals surface area contributed by atoms with Crippen molar-refractivity contribution >= 4 is 23.6 Å². The molecule has 0 aromatic heterocycles. The summed E-state index contributed by atoms with van der Waals surface area (Å²) in [4.78, 5) is 25.1. The minimum absolute atomic E-state index is 0.0170. The van der Waals surface area contributed by atoms with E-state index < -0.39 is 11.6 Å². The van der Waals surface area contributed by atoms with Gasteiger partial charge in [0.15, 0.2) is 0 Å². The minimum atomic E-state index is -0.544. The molecule has 0 aliphatic heterocycles. The van der Waals surface area contributed by atoms with E-state index in [1.807, 2.05) is 20.8 Å². The van der Waals surface area contributed by atoms with Crippen molar-refractivity contribution in [2.24, 2.45) is 11.8 Å². The summed E-state index contributed by atoms with van der Waals surface area (Å²) >= 11 is 1.77. The highest BCUT2D eigenvalue weighted by Crippen LogP contribution is 2.19. The van der Waals surface area contributed by atoms with Crippen molar-refractivity contribution in [1.82, 2.24) is 5.32 Å². The first-order valence-electron chi connectivity index (χ1n) is 9.21. The zero-order valence-corrected chi connectivity index (χ0v) is 17.4. The second kappa shape index (κ2) is 11.8. The quantitative estimate of drug-likeness (QED) is 0.555. The number of carbonyl (C=O) groups is 2. The van der Waals surface area contributed by atoms with Crippen molar-refractivity contribution in [3.05, 3.63) is 0 Å². The molecule has 2 atom stereocenters. The van der Waals surface area contributed by atoms with Crippen LogP contribution >= 0.6 is 11.8 Å². The van der Waals surface area contributed by atoms with E-state index in [-0.39, 0.29) is 17.8 Å². The van der Waals surface area contributed by atoms with E-state index in [0.717, 1.165) is 30.8 Å². The molecule has 0 radical (unpaired) electrons. The number of hydrogen-bond donors (Lipinski definition) is 1. The molecule has 0 unspecified atom stereocenters. The van der Waals surface area contributed by atoms with E-state index in [9.17, 15) is 9.59 Å². The lowest BCUT2D eigenvalue weighted by Crippen LogP contribution is -2.46. The Hall–Kier alpha value is -0.710. The lowest BCUT2D eigenvalue weighted by molar-refractivity contribution is -0.159. The molecule has 1 N–H and O–H groups in total. The summed E-state index contributed by atoms with van der Waals surface area (Å²) in [6, 6.07) is -0.544. The number of carbonyl (C=O) groups excluding carboxylic acids is 2. The third kappa shape index (κ3) is 11.0. The highest BCUT2D eigenvalue weighted by molar-refractivity contribution is 7.99. The zero-order valence-electron chi connectivity index (χ0n) is 16.6. The number of esters is 1. The molecule has 0 rings (SSSR count). The van der Waals surface area contributed by atoms with Crippen LogP contribution in [0.3, 0.4) is 0 Å². The molecule has 0 bridgehead atoms. The van der Waals surface area contributed by atoms with E-state index in [0.29, 0.717) is 12.3 Å². The standard InChI is InChI=1S/C19H37NO3S/c1-8-10-11-16(18(22)23-19(5,6)7)20-17(21)15(12-14(3)4)13-24-9-2/h14-16H,8-13H2,1-7H3,(H,20,21)/t15-,16+/m1/s1. The minimum Gasteiger partial charge on any atom is -0.458 e. The molecule has 0 aromatic rings. The van der Waals surface area contributed by atoms with Crippen LogP contribution in [0, 0.1) is 11.8 Å². The van der Waals surface area contributed by atoms with Crippen molar-refractivity contribution in [3.8, 4) is 0 Å². The number of hydrogen-bond acceptors (Lipinski definition) is 4. The third-order valence-electron chi connectivity index (χ3n) is 3.50. The maximum atomic E-state index is 12.7. The predicted octanol–water partition coefficient (Wildman–Crippen LogP) is 4.42. The van der Waals surface area contributed by atoms with Gasteiger partial charge in [-0.05, 0) is 45.3 Å². The van der Waals surface area contributed by atoms with Gasteiger partial charge in [0, 0.05) is 11.7 Å². The van der Waals surface area contributed by atoms with Gasteiger partial charge in [-0.1, -0.05) is 40.5 Å². The molecule has 0 aromatic carbocycles. The Morgan fingerprint density at radius 1 is 1.17 bits per heavy atom. The molecule has 1 amide bonds. The highest BCUT2D eigenvalue weighted by Gasteiger charge is 2.29. The van der Waals surface area contributed by atoms with Gasteiger partial charge in [-0.3, -0.25) is 4.79 Å². The lowest BCUT2D eigenvalue weighted by atomic mass is 9.97. The summed E-state index contributed by atoms with van der Waals surface area (Å²) in [5.74, 6) is 1.85. The van der Waals surface area contributed by atoms with Gasteiger partial charge < -0.3 is 10.1 Å². The number of ether oxygens (including phenoxy) is 1. The number of rotatable bonds is 11. The van der Waals surface area contributed by atoms with Crippen LogP contribution in [0.5, 0.6) is 0 Å². The fourth-order valence-corrected chi connectivity index (χ4v) is 3.21. The van der Waals surface area contributed by atoms with Crippen LogP contribution in [-0.4, -0.2) is 35.0 Å². The summed E-state index contributed by atoms with van der Waals surface area (Å²) in [6.45, 7) is 14.0. The molecule has 0 fully saturated rings. The second-order valence-corrected chi connectivity index (χ2v) is 9.04. The second-order valence-electron chi connectivity index (χ2n) is 7.72. The van der Waals surface area contributed by atoms with Gasteiger partial charge in [0.25, 0.3) is 0 Å². The number of unbranched alkanes of at least 4 members (excludes halogenated alkanes) is 1. The predicted molar refractivity (Wildman–Crippen MR) is 103 cm³/mol. The highest BCUT2D eigenvalue weighted by atomic mass is 32.2. The molecule has 0 saturated heterocycles. The van der Waals surface area contributed by atoms with Crippen LogP contribution in [0.4, 0.5) is 0 Å². The number of nitrogens with one attached hydrogen (secondary N) is 1. The molecule has 0 spiro atoms. The Balaban J connectivity index is 4.93. The molecule has 5 heteroatoms. The molecule has 4 nitrogen and oxygen atoms in total. The SMILES string of the molecule is CCCC[C@H](NC(=O)[C@@H](CSCC)CC(C)C)C(=O)OC(C)(C)C. The molecular weight excluding hydrogens is 322 g/mol. The summed E-state index contributed by atoms with van der Waals surface area (Å²) < 4.78 is 5.48. The van der Waals surface area contributed by atoms with Gasteiger partial charge in [0.1, 0.15) is 11.6 Å². The topological polar surface area (TPSA) is 55.4 Å². The van der Waals surface area contributed by atoms with Crippen molar-refractivity contribution in [2.75, 3.05) is 11.5 Å². The van der Waals surface area contributed by atoms with E-state index in [4.69, 9.17) is 4.74 Å². The number of amides is 1. The van der Waals surface area contributed by atoms with Gasteiger partial charge in [0.2, 0.25) is 5.91 Å². The Morgan fingerprint density at radius 3 is 2.25 bits per heavy atom. The Bertz CT molecular complexity index is 377. The van der Waals surface area contributed by atoms with Crippen molar-refractivity contribution < 1.29 is 14.3 Å². The maximum Gasteiger partial charge on any atom is 0.329 e. The lowest BCUT2D eigenvalue weighted by Gasteiger charge is -2.26. The molecule has 0 heterocycles. The van der Waals surface area contributed by atoms with E-state index in [1.54, 1.807) is 11.8 Å². The molecular formula is C19H37NO3S. The summed E-state index contributed by atoms with van der Waals surface area (Å²) in [5, 5.41) is 2.96. The first-order valence-corrected chi connectivity index (χ1v) is 10.4. The molecule has 142 valence electrons. The van der Waals surface area contributed by atoms with Crippen LogP contribution in [0.1, 0.15) is 74.1 Å². The Morgan fingerprint density at radius 2 is 1.79 bits per heavy atom. The van der Waals surface area contributed by atoms with Gasteiger partial charge in [0.05, 0.1) is 0 Å². The van der Waals surface area contributed by atoms with Crippen molar-refractivity contribution in [3.63, 3.8) is 0 Å². The van der Waals surface area contributed by atoms with Crippen LogP contribution < -0.4 is 5.32 Å². The average molecular weight is 360 g/mol. The fraction of sp³-hybridized carbons (Fsp3) is 0.895. The third-order valence-corrected chi connectivity index (χ3v) is 4.55. The van der Waals surface area contributed by atoms with Crippen LogP contribution in [-0.2, 0) is 14.3 Å². The van der Waals surface area contributed by atoms with E-state index in [1.165, 1.54) is 0 Å². The van der Waals surface area contributed by atoms with E-state index in [2.05, 4.69) is 33.0 Å². The maximum absolute atomic E-state index is 12.7. The summed E-state index contributed by atoms with van der Waals surface area (Å²) in [7, 11) is 0. The van der Waals surface area contributed by atoms with Crippen LogP contribution in [0.15, 0.2) is 0 Å². The first kappa shape index (κ1) is 23.3. The fourth-order valence-electron chi connectivity index (χ4n) is 2.40. The average Bonchev–Trinajstić information content (AvgIpc) is 2.45. The van der Waals surface area contributed by atoms with Crippen LogP contribution in [0.25, 0.3) is 0 Å². The molecule has 0 aliphatic carbocycles. The van der Waals surface area contributed by atoms with Gasteiger partial charge in [-0.25, -0.2) is 4.79 Å². The summed E-state index contributed by atoms with van der Waals surface area (Å²) in [5.41, 5.74) is -0.540. The van der Waals surface area contributed by atoms with Gasteiger partial charge in [-0.2, -0.15) is 11.8 Å². The van der Waals surface area contributed by atoms with Crippen molar-refractivity contribution in [1.29, 1.82) is 0 Å². The summed E-state index contributed by atoms with van der Waals surface area (Å²) in [6.07, 6.45) is 3.35. The van der Waals surface area contributed by atoms with Crippen molar-refractivity contribution in [2.45, 2.75) is 85.8 Å². The molecule has 0 saturated carbocycles. The van der Waals surface area contributed by atoms with E-state index >= 15 is 0 Å². The monoisotopic (exact) mass is 359 g/mol. The zero-order chi connectivity index (χ0) is 18.8. The number of thioether (sulfide) groups is 1. The molecule has 0 aliphatic rings.